The van der Waals surface area contributed by atoms with E-state index in [0.717, 1.165) is 43.2 Å². The summed E-state index contributed by atoms with van der Waals surface area (Å²) in [5, 5.41) is 6.47. The first kappa shape index (κ1) is 23.0. The largest absolute Gasteiger partial charge is 0.416 e. The predicted molar refractivity (Wildman–Crippen MR) is 110 cm³/mol. The van der Waals surface area contributed by atoms with Crippen molar-refractivity contribution < 1.29 is 13.2 Å². The number of rotatable bonds is 7. The zero-order valence-electron chi connectivity index (χ0n) is 15.1. The lowest BCUT2D eigenvalue weighted by atomic mass is 10.1. The van der Waals surface area contributed by atoms with Crippen molar-refractivity contribution in [3.63, 3.8) is 0 Å². The fraction of sp³-hybridized carbons (Fsp3) is 0.611. The Morgan fingerprint density at radius 1 is 1.08 bits per heavy atom. The number of benzene rings is 1. The minimum absolute atomic E-state index is 0. The summed E-state index contributed by atoms with van der Waals surface area (Å²) in [6.45, 7) is 5.00. The van der Waals surface area contributed by atoms with Crippen molar-refractivity contribution in [3.8, 4) is 0 Å². The molecule has 0 amide bonds. The monoisotopic (exact) mass is 484 g/mol. The highest BCUT2D eigenvalue weighted by Crippen LogP contribution is 2.29. The maximum absolute atomic E-state index is 12.5. The fourth-order valence-corrected chi connectivity index (χ4v) is 2.92. The second-order valence-corrected chi connectivity index (χ2v) is 6.27. The topological polar surface area (TPSA) is 39.7 Å². The second-order valence-electron chi connectivity index (χ2n) is 6.27. The van der Waals surface area contributed by atoms with E-state index < -0.39 is 11.7 Å². The summed E-state index contributed by atoms with van der Waals surface area (Å²) in [6, 6.07) is 5.30. The summed E-state index contributed by atoms with van der Waals surface area (Å²) in [7, 11) is 1.72. The van der Waals surface area contributed by atoms with Crippen LogP contribution in [0.25, 0.3) is 0 Å². The molecule has 0 aliphatic carbocycles. The lowest BCUT2D eigenvalue weighted by Gasteiger charge is -2.16. The van der Waals surface area contributed by atoms with Crippen LogP contribution in [-0.2, 0) is 12.6 Å². The van der Waals surface area contributed by atoms with Gasteiger partial charge in [-0.1, -0.05) is 12.1 Å². The molecule has 0 saturated carbocycles. The smallest absolute Gasteiger partial charge is 0.356 e. The number of aliphatic imine (C=N–C) groups is 1. The van der Waals surface area contributed by atoms with E-state index in [2.05, 4.69) is 20.5 Å². The van der Waals surface area contributed by atoms with E-state index in [1.54, 1.807) is 7.05 Å². The number of halogens is 4. The number of nitrogens with one attached hydrogen (secondary N) is 2. The number of alkyl halides is 3. The first-order chi connectivity index (χ1) is 12.0. The number of hydrogen-bond donors (Lipinski definition) is 2. The van der Waals surface area contributed by atoms with Gasteiger partial charge in [-0.3, -0.25) is 4.99 Å². The van der Waals surface area contributed by atoms with Crippen LogP contribution >= 0.6 is 24.0 Å². The summed E-state index contributed by atoms with van der Waals surface area (Å²) >= 11 is 0. The van der Waals surface area contributed by atoms with Crippen molar-refractivity contribution in [3.05, 3.63) is 35.4 Å². The summed E-state index contributed by atoms with van der Waals surface area (Å²) in [5.74, 6) is 0.730. The Labute approximate surface area is 170 Å². The van der Waals surface area contributed by atoms with Gasteiger partial charge in [-0.25, -0.2) is 0 Å². The van der Waals surface area contributed by atoms with Crippen LogP contribution in [0.4, 0.5) is 13.2 Å². The van der Waals surface area contributed by atoms with Crippen molar-refractivity contribution >= 4 is 29.9 Å². The van der Waals surface area contributed by atoms with Crippen LogP contribution < -0.4 is 10.6 Å². The Balaban J connectivity index is 0.00000338. The molecule has 1 fully saturated rings. The van der Waals surface area contributed by atoms with Crippen LogP contribution in [0.2, 0.25) is 0 Å². The van der Waals surface area contributed by atoms with E-state index in [9.17, 15) is 13.2 Å². The highest BCUT2D eigenvalue weighted by atomic mass is 127. The van der Waals surface area contributed by atoms with Crippen molar-refractivity contribution in [1.29, 1.82) is 0 Å². The van der Waals surface area contributed by atoms with Gasteiger partial charge in [0.2, 0.25) is 0 Å². The van der Waals surface area contributed by atoms with Gasteiger partial charge >= 0.3 is 6.18 Å². The van der Waals surface area contributed by atoms with E-state index in [0.29, 0.717) is 13.0 Å². The van der Waals surface area contributed by atoms with Crippen LogP contribution in [-0.4, -0.2) is 50.6 Å². The van der Waals surface area contributed by atoms with Gasteiger partial charge in [0.05, 0.1) is 5.56 Å². The molecule has 0 unspecified atom stereocenters. The van der Waals surface area contributed by atoms with Crippen molar-refractivity contribution in [2.75, 3.05) is 39.8 Å². The Morgan fingerprint density at radius 3 is 2.27 bits per heavy atom. The molecule has 1 aromatic rings. The standard InChI is InChI=1S/C18H27F3N4.HI/c1-22-17(23-10-4-14-25-12-2-3-13-25)24-11-9-15-5-7-16(8-6-15)18(19,20)21;/h5-8H,2-4,9-14H2,1H3,(H2,22,23,24);1H. The third kappa shape index (κ3) is 8.11. The Morgan fingerprint density at radius 2 is 1.69 bits per heavy atom. The maximum Gasteiger partial charge on any atom is 0.416 e. The fourth-order valence-electron chi connectivity index (χ4n) is 2.92. The van der Waals surface area contributed by atoms with E-state index in [1.807, 2.05) is 0 Å². The second kappa shape index (κ2) is 11.6. The zero-order valence-corrected chi connectivity index (χ0v) is 17.4. The molecule has 1 aliphatic rings. The third-order valence-electron chi connectivity index (χ3n) is 4.35. The molecule has 1 saturated heterocycles. The van der Waals surface area contributed by atoms with Crippen LogP contribution in [0.15, 0.2) is 29.3 Å². The summed E-state index contributed by atoms with van der Waals surface area (Å²) < 4.78 is 37.6. The van der Waals surface area contributed by atoms with E-state index in [-0.39, 0.29) is 24.0 Å². The summed E-state index contributed by atoms with van der Waals surface area (Å²) in [4.78, 5) is 6.64. The lowest BCUT2D eigenvalue weighted by Crippen LogP contribution is -2.39. The number of guanidine groups is 1. The van der Waals surface area contributed by atoms with Crippen molar-refractivity contribution in [2.45, 2.75) is 31.9 Å². The molecule has 0 atom stereocenters. The molecule has 1 heterocycles. The van der Waals surface area contributed by atoms with Crippen LogP contribution in [0.5, 0.6) is 0 Å². The van der Waals surface area contributed by atoms with E-state index in [1.165, 1.54) is 38.1 Å². The normalized spacial score (nSPS) is 15.6. The SMILES string of the molecule is CN=C(NCCCN1CCCC1)NCCc1ccc(C(F)(F)F)cc1.I. The number of hydrogen-bond acceptors (Lipinski definition) is 2. The third-order valence-corrected chi connectivity index (χ3v) is 4.35. The Bertz CT molecular complexity index is 540. The van der Waals surface area contributed by atoms with Gasteiger partial charge in [0, 0.05) is 20.1 Å². The predicted octanol–water partition coefficient (Wildman–Crippen LogP) is 3.52. The zero-order chi connectivity index (χ0) is 18.1. The van der Waals surface area contributed by atoms with Gasteiger partial charge in [-0.05, 0) is 63.0 Å². The van der Waals surface area contributed by atoms with Gasteiger partial charge < -0.3 is 15.5 Å². The minimum Gasteiger partial charge on any atom is -0.356 e. The Kier molecular flexibility index (Phi) is 10.3. The van der Waals surface area contributed by atoms with Crippen LogP contribution in [0.3, 0.4) is 0 Å². The minimum atomic E-state index is -4.28. The van der Waals surface area contributed by atoms with Crippen LogP contribution in [0, 0.1) is 0 Å². The first-order valence-electron chi connectivity index (χ1n) is 8.82. The molecule has 4 nitrogen and oxygen atoms in total. The number of likely N-dealkylation sites (tertiary alicyclic amines) is 1. The van der Waals surface area contributed by atoms with Gasteiger partial charge in [0.1, 0.15) is 0 Å². The molecule has 8 heteroatoms. The highest BCUT2D eigenvalue weighted by Gasteiger charge is 2.29. The Hall–Kier alpha value is -1.03. The molecule has 148 valence electrons. The van der Waals surface area contributed by atoms with Crippen LogP contribution in [0.1, 0.15) is 30.4 Å². The van der Waals surface area contributed by atoms with Crippen molar-refractivity contribution in [1.82, 2.24) is 15.5 Å². The van der Waals surface area contributed by atoms with Crippen molar-refractivity contribution in [2.24, 2.45) is 4.99 Å². The molecule has 2 N–H and O–H groups in total. The average molecular weight is 484 g/mol. The molecule has 2 rings (SSSR count). The van der Waals surface area contributed by atoms with Gasteiger partial charge in [0.15, 0.2) is 5.96 Å². The first-order valence-corrected chi connectivity index (χ1v) is 8.82. The molecule has 0 aromatic heterocycles. The molecule has 1 aromatic carbocycles. The van der Waals surface area contributed by atoms with Gasteiger partial charge in [-0.2, -0.15) is 13.2 Å². The number of nitrogens with zero attached hydrogens (tertiary/aromatic N) is 2. The molecule has 0 spiro atoms. The molecular weight excluding hydrogens is 456 g/mol. The van der Waals surface area contributed by atoms with Gasteiger partial charge in [0.25, 0.3) is 0 Å². The maximum atomic E-state index is 12.5. The lowest BCUT2D eigenvalue weighted by molar-refractivity contribution is -0.137. The summed E-state index contributed by atoms with van der Waals surface area (Å²) in [6.07, 6.45) is 0.0469. The van der Waals surface area contributed by atoms with Gasteiger partial charge in [-0.15, -0.1) is 24.0 Å². The quantitative estimate of drug-likeness (QED) is 0.270. The molecule has 0 bridgehead atoms. The molecular formula is C18H28F3IN4. The highest BCUT2D eigenvalue weighted by molar-refractivity contribution is 14.0. The molecule has 0 radical (unpaired) electrons. The molecule has 26 heavy (non-hydrogen) atoms. The van der Waals surface area contributed by atoms with E-state index >= 15 is 0 Å². The molecule has 1 aliphatic heterocycles. The average Bonchev–Trinajstić information content (AvgIpc) is 3.10. The summed E-state index contributed by atoms with van der Waals surface area (Å²) in [5.41, 5.74) is 0.254. The van der Waals surface area contributed by atoms with E-state index in [4.69, 9.17) is 0 Å².